The minimum absolute atomic E-state index is 0.299. The molecule has 0 heterocycles. The molecule has 1 aromatic carbocycles. The van der Waals surface area contributed by atoms with E-state index in [4.69, 9.17) is 6.42 Å². The van der Waals surface area contributed by atoms with E-state index >= 15 is 0 Å². The topological polar surface area (TPSA) is 46.2 Å². The summed E-state index contributed by atoms with van der Waals surface area (Å²) in [4.78, 5) is 0.299. The summed E-state index contributed by atoms with van der Waals surface area (Å²) in [6.45, 7) is 2.28. The molecule has 0 spiro atoms. The molecule has 0 fully saturated rings. The van der Waals surface area contributed by atoms with E-state index in [1.807, 2.05) is 6.92 Å². The van der Waals surface area contributed by atoms with Gasteiger partial charge in [0.25, 0.3) is 0 Å². The summed E-state index contributed by atoms with van der Waals surface area (Å²) in [6.07, 6.45) is 6.30. The van der Waals surface area contributed by atoms with E-state index in [1.165, 1.54) is 6.26 Å². The lowest BCUT2D eigenvalue weighted by Gasteiger charge is -2.08. The van der Waals surface area contributed by atoms with Crippen molar-refractivity contribution in [2.75, 3.05) is 18.1 Å². The van der Waals surface area contributed by atoms with Gasteiger partial charge in [-0.15, -0.1) is 6.42 Å². The van der Waals surface area contributed by atoms with Crippen LogP contribution in [-0.2, 0) is 9.84 Å². The number of benzene rings is 1. The second kappa shape index (κ2) is 4.37. The van der Waals surface area contributed by atoms with Gasteiger partial charge in [0.1, 0.15) is 0 Å². The van der Waals surface area contributed by atoms with Gasteiger partial charge in [0.05, 0.1) is 11.4 Å². The Kier molecular flexibility index (Phi) is 3.38. The maximum Gasteiger partial charge on any atom is 0.175 e. The Bertz CT molecular complexity index is 498. The van der Waals surface area contributed by atoms with Crippen molar-refractivity contribution in [3.63, 3.8) is 0 Å². The zero-order chi connectivity index (χ0) is 11.5. The molecule has 80 valence electrons. The molecule has 0 saturated heterocycles. The van der Waals surface area contributed by atoms with E-state index in [2.05, 4.69) is 11.2 Å². The second-order valence-electron chi connectivity index (χ2n) is 3.31. The first kappa shape index (κ1) is 11.6. The molecule has 0 atom stereocenters. The highest BCUT2D eigenvalue weighted by Gasteiger charge is 2.08. The fourth-order valence-electron chi connectivity index (χ4n) is 1.17. The van der Waals surface area contributed by atoms with E-state index in [9.17, 15) is 8.42 Å². The average molecular weight is 223 g/mol. The van der Waals surface area contributed by atoms with Crippen LogP contribution in [0.2, 0.25) is 0 Å². The third kappa shape index (κ3) is 3.00. The number of nitrogens with one attached hydrogen (secondary N) is 1. The fourth-order valence-corrected chi connectivity index (χ4v) is 1.82. The zero-order valence-corrected chi connectivity index (χ0v) is 9.56. The van der Waals surface area contributed by atoms with Crippen LogP contribution in [0, 0.1) is 19.3 Å². The molecular weight excluding hydrogens is 210 g/mol. The van der Waals surface area contributed by atoms with Crippen molar-refractivity contribution in [2.24, 2.45) is 0 Å². The molecule has 0 aliphatic carbocycles. The standard InChI is InChI=1S/C11H13NO2S/c1-4-7-12-11-8-10(15(3,13)14)6-5-9(11)2/h1,5-6,8,12H,7H2,2-3H3. The third-order valence-corrected chi connectivity index (χ3v) is 3.13. The summed E-state index contributed by atoms with van der Waals surface area (Å²) in [7, 11) is -3.16. The van der Waals surface area contributed by atoms with Crippen LogP contribution >= 0.6 is 0 Å². The molecule has 0 aliphatic rings. The third-order valence-electron chi connectivity index (χ3n) is 2.02. The Morgan fingerprint density at radius 3 is 2.67 bits per heavy atom. The van der Waals surface area contributed by atoms with Crippen LogP contribution in [-0.4, -0.2) is 21.2 Å². The molecule has 4 heteroatoms. The summed E-state index contributed by atoms with van der Waals surface area (Å²) in [5, 5.41) is 2.97. The molecule has 3 nitrogen and oxygen atoms in total. The van der Waals surface area contributed by atoms with Crippen LogP contribution in [0.1, 0.15) is 5.56 Å². The first-order valence-electron chi connectivity index (χ1n) is 4.43. The molecule has 0 aliphatic heterocycles. The van der Waals surface area contributed by atoms with E-state index in [-0.39, 0.29) is 0 Å². The van der Waals surface area contributed by atoms with Gasteiger partial charge in [-0.25, -0.2) is 8.42 Å². The smallest absolute Gasteiger partial charge is 0.175 e. The molecule has 1 aromatic rings. The Balaban J connectivity index is 3.12. The van der Waals surface area contributed by atoms with Crippen molar-refractivity contribution >= 4 is 15.5 Å². The number of rotatable bonds is 3. The molecule has 15 heavy (non-hydrogen) atoms. The Labute approximate surface area is 90.4 Å². The molecule has 1 rings (SSSR count). The van der Waals surface area contributed by atoms with Crippen LogP contribution in [0.25, 0.3) is 0 Å². The molecule has 0 aromatic heterocycles. The average Bonchev–Trinajstić information content (AvgIpc) is 2.15. The predicted octanol–water partition coefficient (Wildman–Crippen LogP) is 1.44. The summed E-state index contributed by atoms with van der Waals surface area (Å²) in [5.41, 5.74) is 1.73. The lowest BCUT2D eigenvalue weighted by molar-refractivity contribution is 0.602. The molecule has 1 N–H and O–H groups in total. The van der Waals surface area contributed by atoms with E-state index in [0.717, 1.165) is 11.3 Å². The molecule has 0 radical (unpaired) electrons. The Morgan fingerprint density at radius 2 is 2.13 bits per heavy atom. The van der Waals surface area contributed by atoms with Gasteiger partial charge >= 0.3 is 0 Å². The van der Waals surface area contributed by atoms with Crippen LogP contribution in [0.4, 0.5) is 5.69 Å². The first-order chi connectivity index (χ1) is 6.95. The Hall–Kier alpha value is -1.47. The van der Waals surface area contributed by atoms with Crippen LogP contribution in [0.5, 0.6) is 0 Å². The highest BCUT2D eigenvalue weighted by Crippen LogP contribution is 2.19. The second-order valence-corrected chi connectivity index (χ2v) is 5.32. The monoisotopic (exact) mass is 223 g/mol. The van der Waals surface area contributed by atoms with Gasteiger partial charge in [-0.2, -0.15) is 0 Å². The SMILES string of the molecule is C#CCNc1cc(S(C)(=O)=O)ccc1C. The lowest BCUT2D eigenvalue weighted by atomic mass is 10.2. The highest BCUT2D eigenvalue weighted by molar-refractivity contribution is 7.90. The van der Waals surface area contributed by atoms with Crippen molar-refractivity contribution in [3.05, 3.63) is 23.8 Å². The quantitative estimate of drug-likeness (QED) is 0.789. The Morgan fingerprint density at radius 1 is 1.47 bits per heavy atom. The minimum atomic E-state index is -3.16. The molecule has 0 saturated carbocycles. The largest absolute Gasteiger partial charge is 0.374 e. The molecule has 0 unspecified atom stereocenters. The van der Waals surface area contributed by atoms with Gasteiger partial charge < -0.3 is 5.32 Å². The molecular formula is C11H13NO2S. The number of terminal acetylenes is 1. The van der Waals surface area contributed by atoms with E-state index < -0.39 is 9.84 Å². The summed E-state index contributed by atoms with van der Waals surface area (Å²) >= 11 is 0. The minimum Gasteiger partial charge on any atom is -0.374 e. The maximum atomic E-state index is 11.3. The van der Waals surface area contributed by atoms with Gasteiger partial charge in [-0.3, -0.25) is 0 Å². The van der Waals surface area contributed by atoms with Gasteiger partial charge in [0.15, 0.2) is 9.84 Å². The van der Waals surface area contributed by atoms with Crippen molar-refractivity contribution in [1.82, 2.24) is 0 Å². The van der Waals surface area contributed by atoms with Gasteiger partial charge in [-0.1, -0.05) is 12.0 Å². The first-order valence-corrected chi connectivity index (χ1v) is 6.32. The predicted molar refractivity (Wildman–Crippen MR) is 61.6 cm³/mol. The number of aryl methyl sites for hydroxylation is 1. The normalized spacial score (nSPS) is 10.7. The number of hydrogen-bond acceptors (Lipinski definition) is 3. The van der Waals surface area contributed by atoms with Crippen molar-refractivity contribution in [3.8, 4) is 12.3 Å². The summed E-state index contributed by atoms with van der Waals surface area (Å²) in [6, 6.07) is 4.95. The fraction of sp³-hybridized carbons (Fsp3) is 0.273. The van der Waals surface area contributed by atoms with Crippen molar-refractivity contribution in [1.29, 1.82) is 0 Å². The van der Waals surface area contributed by atoms with Crippen LogP contribution < -0.4 is 5.32 Å². The van der Waals surface area contributed by atoms with Crippen LogP contribution in [0.3, 0.4) is 0 Å². The van der Waals surface area contributed by atoms with E-state index in [1.54, 1.807) is 18.2 Å². The van der Waals surface area contributed by atoms with Crippen molar-refractivity contribution < 1.29 is 8.42 Å². The summed E-state index contributed by atoms with van der Waals surface area (Å²) < 4.78 is 22.6. The highest BCUT2D eigenvalue weighted by atomic mass is 32.2. The zero-order valence-electron chi connectivity index (χ0n) is 8.74. The molecule has 0 amide bonds. The maximum absolute atomic E-state index is 11.3. The van der Waals surface area contributed by atoms with Gasteiger partial charge in [0.2, 0.25) is 0 Å². The molecule has 0 bridgehead atoms. The summed E-state index contributed by atoms with van der Waals surface area (Å²) in [5.74, 6) is 2.44. The number of hydrogen-bond donors (Lipinski definition) is 1. The lowest BCUT2D eigenvalue weighted by Crippen LogP contribution is -2.03. The number of anilines is 1. The number of sulfone groups is 1. The van der Waals surface area contributed by atoms with Gasteiger partial charge in [-0.05, 0) is 24.6 Å². The van der Waals surface area contributed by atoms with E-state index in [0.29, 0.717) is 11.4 Å². The van der Waals surface area contributed by atoms with Crippen molar-refractivity contribution in [2.45, 2.75) is 11.8 Å². The van der Waals surface area contributed by atoms with Crippen LogP contribution in [0.15, 0.2) is 23.1 Å². The van der Waals surface area contributed by atoms with Gasteiger partial charge in [0, 0.05) is 11.9 Å².